The van der Waals surface area contributed by atoms with Gasteiger partial charge in [0.1, 0.15) is 17.1 Å². The van der Waals surface area contributed by atoms with E-state index in [1.807, 2.05) is 19.1 Å². The SMILES string of the molecule is COc1ccc(N2C(=O)/C(=C/c3ccc(C)c(OC)c3)C(=O)NC2=S)cc1. The Morgan fingerprint density at radius 3 is 2.37 bits per heavy atom. The van der Waals surface area contributed by atoms with Crippen LogP contribution in [0.15, 0.2) is 48.0 Å². The van der Waals surface area contributed by atoms with E-state index in [2.05, 4.69) is 5.32 Å². The Labute approximate surface area is 162 Å². The molecule has 0 radical (unpaired) electrons. The smallest absolute Gasteiger partial charge is 0.270 e. The minimum Gasteiger partial charge on any atom is -0.497 e. The van der Waals surface area contributed by atoms with E-state index in [0.717, 1.165) is 5.56 Å². The highest BCUT2D eigenvalue weighted by atomic mass is 32.1. The van der Waals surface area contributed by atoms with Gasteiger partial charge in [-0.05, 0) is 66.7 Å². The number of anilines is 1. The van der Waals surface area contributed by atoms with E-state index in [4.69, 9.17) is 21.7 Å². The molecule has 0 aliphatic carbocycles. The fourth-order valence-corrected chi connectivity index (χ4v) is 3.00. The van der Waals surface area contributed by atoms with Crippen molar-refractivity contribution in [3.05, 3.63) is 59.2 Å². The highest BCUT2D eigenvalue weighted by molar-refractivity contribution is 7.80. The van der Waals surface area contributed by atoms with Gasteiger partial charge in [0, 0.05) is 0 Å². The molecule has 2 amide bonds. The van der Waals surface area contributed by atoms with Crippen molar-refractivity contribution in [2.24, 2.45) is 0 Å². The molecule has 1 aliphatic rings. The molecule has 0 unspecified atom stereocenters. The predicted molar refractivity (Wildman–Crippen MR) is 107 cm³/mol. The molecule has 1 fully saturated rings. The van der Waals surface area contributed by atoms with Gasteiger partial charge in [-0.15, -0.1) is 0 Å². The van der Waals surface area contributed by atoms with Gasteiger partial charge in [-0.3, -0.25) is 19.8 Å². The van der Waals surface area contributed by atoms with Gasteiger partial charge < -0.3 is 9.47 Å². The number of carbonyl (C=O) groups excluding carboxylic acids is 2. The molecule has 2 aromatic carbocycles. The Morgan fingerprint density at radius 2 is 1.74 bits per heavy atom. The van der Waals surface area contributed by atoms with Crippen LogP contribution in [0.4, 0.5) is 5.69 Å². The minimum absolute atomic E-state index is 0.00896. The third kappa shape index (κ3) is 3.68. The molecule has 0 aromatic heterocycles. The van der Waals surface area contributed by atoms with Gasteiger partial charge in [0.25, 0.3) is 11.8 Å². The van der Waals surface area contributed by atoms with Crippen LogP contribution in [-0.2, 0) is 9.59 Å². The van der Waals surface area contributed by atoms with Crippen molar-refractivity contribution >= 4 is 40.9 Å². The van der Waals surface area contributed by atoms with E-state index in [0.29, 0.717) is 22.7 Å². The predicted octanol–water partition coefficient (Wildman–Crippen LogP) is 2.84. The van der Waals surface area contributed by atoms with Crippen LogP contribution in [0.3, 0.4) is 0 Å². The zero-order valence-corrected chi connectivity index (χ0v) is 15.9. The normalized spacial score (nSPS) is 15.7. The fourth-order valence-electron chi connectivity index (χ4n) is 2.72. The molecule has 1 aliphatic heterocycles. The molecule has 1 saturated heterocycles. The number of hydrogen-bond acceptors (Lipinski definition) is 5. The first-order valence-corrected chi connectivity index (χ1v) is 8.55. The first kappa shape index (κ1) is 18.6. The van der Waals surface area contributed by atoms with Crippen molar-refractivity contribution in [3.8, 4) is 11.5 Å². The largest absolute Gasteiger partial charge is 0.497 e. The zero-order valence-electron chi connectivity index (χ0n) is 15.1. The topological polar surface area (TPSA) is 67.9 Å². The van der Waals surface area contributed by atoms with Crippen LogP contribution < -0.4 is 19.7 Å². The standard InChI is InChI=1S/C20H18N2O4S/c1-12-4-5-13(11-17(12)26-3)10-16-18(23)21-20(27)22(19(16)24)14-6-8-15(25-2)9-7-14/h4-11H,1-3H3,(H,21,23,27)/b16-10+. The van der Waals surface area contributed by atoms with E-state index in [9.17, 15) is 9.59 Å². The number of methoxy groups -OCH3 is 2. The second-order valence-electron chi connectivity index (χ2n) is 5.88. The highest BCUT2D eigenvalue weighted by Crippen LogP contribution is 2.25. The molecule has 3 rings (SSSR count). The number of benzene rings is 2. The van der Waals surface area contributed by atoms with Crippen molar-refractivity contribution in [2.45, 2.75) is 6.92 Å². The van der Waals surface area contributed by atoms with Crippen LogP contribution in [0.5, 0.6) is 11.5 Å². The van der Waals surface area contributed by atoms with Crippen molar-refractivity contribution in [1.82, 2.24) is 5.32 Å². The van der Waals surface area contributed by atoms with E-state index in [-0.39, 0.29) is 10.7 Å². The molecular formula is C20H18N2O4S. The van der Waals surface area contributed by atoms with E-state index < -0.39 is 11.8 Å². The number of nitrogens with one attached hydrogen (secondary N) is 1. The van der Waals surface area contributed by atoms with Crippen LogP contribution >= 0.6 is 12.2 Å². The Bertz CT molecular complexity index is 951. The third-order valence-corrected chi connectivity index (χ3v) is 4.46. The molecule has 138 valence electrons. The molecule has 1 N–H and O–H groups in total. The molecule has 0 spiro atoms. The Kier molecular flexibility index (Phi) is 5.23. The first-order chi connectivity index (χ1) is 12.9. The molecule has 7 heteroatoms. The van der Waals surface area contributed by atoms with Gasteiger partial charge in [-0.25, -0.2) is 0 Å². The molecule has 0 saturated carbocycles. The Balaban J connectivity index is 1.99. The summed E-state index contributed by atoms with van der Waals surface area (Å²) in [4.78, 5) is 26.6. The number of nitrogens with zero attached hydrogens (tertiary/aromatic N) is 1. The van der Waals surface area contributed by atoms with Gasteiger partial charge >= 0.3 is 0 Å². The minimum atomic E-state index is -0.533. The number of rotatable bonds is 4. The van der Waals surface area contributed by atoms with Crippen molar-refractivity contribution in [1.29, 1.82) is 0 Å². The summed E-state index contributed by atoms with van der Waals surface area (Å²) in [6.45, 7) is 1.91. The second kappa shape index (κ2) is 7.59. The van der Waals surface area contributed by atoms with Gasteiger partial charge in [0.05, 0.1) is 19.9 Å². The van der Waals surface area contributed by atoms with Gasteiger partial charge in [-0.2, -0.15) is 0 Å². The molecule has 0 bridgehead atoms. The molecule has 2 aromatic rings. The van der Waals surface area contributed by atoms with Crippen LogP contribution in [0.2, 0.25) is 0 Å². The maximum absolute atomic E-state index is 13.0. The maximum Gasteiger partial charge on any atom is 0.270 e. The Morgan fingerprint density at radius 1 is 1.04 bits per heavy atom. The lowest BCUT2D eigenvalue weighted by Crippen LogP contribution is -2.54. The number of thiocarbonyl (C=S) groups is 1. The molecular weight excluding hydrogens is 364 g/mol. The van der Waals surface area contributed by atoms with Crippen LogP contribution in [0.25, 0.3) is 6.08 Å². The summed E-state index contributed by atoms with van der Waals surface area (Å²) in [5, 5.41) is 2.60. The average Bonchev–Trinajstić information content (AvgIpc) is 2.66. The summed E-state index contributed by atoms with van der Waals surface area (Å²) in [7, 11) is 3.13. The average molecular weight is 382 g/mol. The number of aryl methyl sites for hydroxylation is 1. The monoisotopic (exact) mass is 382 g/mol. The second-order valence-corrected chi connectivity index (χ2v) is 6.27. The van der Waals surface area contributed by atoms with E-state index in [1.54, 1.807) is 44.6 Å². The van der Waals surface area contributed by atoms with E-state index in [1.165, 1.54) is 11.0 Å². The fraction of sp³-hybridized carbons (Fsp3) is 0.150. The number of ether oxygens (including phenoxy) is 2. The number of hydrogen-bond donors (Lipinski definition) is 1. The summed E-state index contributed by atoms with van der Waals surface area (Å²) >= 11 is 5.19. The first-order valence-electron chi connectivity index (χ1n) is 8.14. The van der Waals surface area contributed by atoms with Crippen LogP contribution in [-0.4, -0.2) is 31.1 Å². The highest BCUT2D eigenvalue weighted by Gasteiger charge is 2.34. The summed E-state index contributed by atoms with van der Waals surface area (Å²) in [6.07, 6.45) is 1.53. The lowest BCUT2D eigenvalue weighted by molar-refractivity contribution is -0.122. The summed E-state index contributed by atoms with van der Waals surface area (Å²) in [6, 6.07) is 12.3. The lowest BCUT2D eigenvalue weighted by atomic mass is 10.1. The summed E-state index contributed by atoms with van der Waals surface area (Å²) < 4.78 is 10.4. The molecule has 0 atom stereocenters. The van der Waals surface area contributed by atoms with Gasteiger partial charge in [0.15, 0.2) is 5.11 Å². The van der Waals surface area contributed by atoms with Gasteiger partial charge in [-0.1, -0.05) is 12.1 Å². The Hall–Kier alpha value is -3.19. The zero-order chi connectivity index (χ0) is 19.6. The van der Waals surface area contributed by atoms with E-state index >= 15 is 0 Å². The van der Waals surface area contributed by atoms with Crippen molar-refractivity contribution < 1.29 is 19.1 Å². The summed E-state index contributed by atoms with van der Waals surface area (Å²) in [5.74, 6) is 0.305. The molecule has 27 heavy (non-hydrogen) atoms. The number of carbonyl (C=O) groups is 2. The van der Waals surface area contributed by atoms with Crippen LogP contribution in [0.1, 0.15) is 11.1 Å². The van der Waals surface area contributed by atoms with Crippen molar-refractivity contribution in [2.75, 3.05) is 19.1 Å². The summed E-state index contributed by atoms with van der Waals surface area (Å²) in [5.41, 5.74) is 2.17. The maximum atomic E-state index is 13.0. The molecule has 6 nitrogen and oxygen atoms in total. The van der Waals surface area contributed by atoms with Gasteiger partial charge in [0.2, 0.25) is 0 Å². The third-order valence-electron chi connectivity index (χ3n) is 4.18. The molecule has 1 heterocycles. The number of amides is 2. The quantitative estimate of drug-likeness (QED) is 0.500. The van der Waals surface area contributed by atoms with Crippen molar-refractivity contribution in [3.63, 3.8) is 0 Å². The van der Waals surface area contributed by atoms with Crippen LogP contribution in [0, 0.1) is 6.92 Å². The lowest BCUT2D eigenvalue weighted by Gasteiger charge is -2.29.